The Labute approximate surface area is 365 Å². The lowest BCUT2D eigenvalue weighted by Gasteiger charge is -2.39. The van der Waals surface area contributed by atoms with Crippen molar-refractivity contribution in [3.63, 3.8) is 0 Å². The Balaban J connectivity index is 0.754. The number of fused-ring (bicyclic) bond motifs is 4. The molecule has 60 heavy (non-hydrogen) atoms. The molecule has 0 aliphatic carbocycles. The van der Waals surface area contributed by atoms with Crippen LogP contribution in [-0.2, 0) is 16.1 Å². The van der Waals surface area contributed by atoms with E-state index in [9.17, 15) is 0 Å². The molecule has 0 saturated carbocycles. The molecule has 2 aliphatic rings. The van der Waals surface area contributed by atoms with Crippen LogP contribution in [0.5, 0.6) is 0 Å². The van der Waals surface area contributed by atoms with Gasteiger partial charge in [-0.05, 0) is 106 Å². The number of benzene rings is 2. The quantitative estimate of drug-likeness (QED) is 0.103. The first kappa shape index (κ1) is 39.7. The van der Waals surface area contributed by atoms with Crippen LogP contribution in [0.3, 0.4) is 0 Å². The smallest absolute Gasteiger partial charge is 0.125 e. The summed E-state index contributed by atoms with van der Waals surface area (Å²) in [5.74, 6) is 0.506. The van der Waals surface area contributed by atoms with E-state index in [0.29, 0.717) is 25.2 Å². The molecule has 0 spiro atoms. The molecule has 2 N–H and O–H groups in total. The van der Waals surface area contributed by atoms with Crippen molar-refractivity contribution in [3.8, 4) is 0 Å². The average Bonchev–Trinajstić information content (AvgIpc) is 4.08. The number of pyridine rings is 2. The van der Waals surface area contributed by atoms with E-state index in [0.717, 1.165) is 97.7 Å². The zero-order chi connectivity index (χ0) is 40.6. The summed E-state index contributed by atoms with van der Waals surface area (Å²) in [4.78, 5) is 28.9. The van der Waals surface area contributed by atoms with Crippen molar-refractivity contribution in [3.05, 3.63) is 99.4 Å². The number of methoxy groups -OCH3 is 1. The van der Waals surface area contributed by atoms with Gasteiger partial charge in [0.25, 0.3) is 0 Å². The predicted molar refractivity (Wildman–Crippen MR) is 253 cm³/mol. The van der Waals surface area contributed by atoms with Gasteiger partial charge in [-0.3, -0.25) is 9.80 Å². The molecule has 2 unspecified atom stereocenters. The van der Waals surface area contributed by atoms with E-state index in [-0.39, 0.29) is 6.04 Å². The van der Waals surface area contributed by atoms with E-state index in [4.69, 9.17) is 24.4 Å². The lowest BCUT2D eigenvalue weighted by molar-refractivity contribution is 0.0867. The second-order valence-corrected chi connectivity index (χ2v) is 19.8. The van der Waals surface area contributed by atoms with Gasteiger partial charge in [0, 0.05) is 89.0 Å². The Morgan fingerprint density at radius 2 is 1.52 bits per heavy atom. The first-order valence-electron chi connectivity index (χ1n) is 20.8. The summed E-state index contributed by atoms with van der Waals surface area (Å²) in [7, 11) is 1.79. The fraction of sp³-hybridized carbons (Fsp3) is 0.348. The van der Waals surface area contributed by atoms with Crippen LogP contribution in [0.2, 0.25) is 0 Å². The average molecular weight is 873 g/mol. The van der Waals surface area contributed by atoms with Gasteiger partial charge in [0.05, 0.1) is 57.1 Å². The number of likely N-dealkylation sites (tertiary alicyclic amines) is 1. The SMILES string of the molecule is COCCN1CCCC(c2cc3c(Nc4ccc5sc(COCCN6CCC=C(c7cc8c(Nc9ccc%10scnc%10c9)ccnc8s7)[C@@H]6C)nc5c4)ccnc3s2)C1C. The number of aromatic nitrogens is 4. The Hall–Kier alpha value is -4.38. The van der Waals surface area contributed by atoms with E-state index in [1.54, 1.807) is 41.1 Å². The highest BCUT2D eigenvalue weighted by molar-refractivity contribution is 7.20. The Morgan fingerprint density at radius 3 is 2.33 bits per heavy atom. The molecular formula is C46H48N8O2S4. The van der Waals surface area contributed by atoms with Crippen LogP contribution in [0.4, 0.5) is 22.7 Å². The number of ether oxygens (including phenoxy) is 2. The molecule has 0 amide bonds. The van der Waals surface area contributed by atoms with Crippen molar-refractivity contribution in [2.75, 3.05) is 57.1 Å². The lowest BCUT2D eigenvalue weighted by Crippen LogP contribution is -2.43. The molecule has 308 valence electrons. The minimum atomic E-state index is 0.279. The maximum Gasteiger partial charge on any atom is 0.125 e. The standard InChI is InChI=1S/C46H48N8O2S4/c1-28-32(6-4-16-53(28)18-20-55-3)42-25-35-37(13-15-48-46(35)59-42)51-31-9-11-41-39(23-31)52-44(58-41)26-56-21-19-54-17-5-7-33(29(54)2)43-24-34-36(12-14-47-45(34)60-43)50-30-8-10-40-38(22-30)49-27-57-40/h7-15,22-25,27-29,32H,4-6,16-21,26H2,1-3H3,(H,47,50)(H,48,51)/t28?,29-,32?/m0/s1. The topological polar surface area (TPSA) is 101 Å². The predicted octanol–water partition coefficient (Wildman–Crippen LogP) is 11.5. The van der Waals surface area contributed by atoms with Gasteiger partial charge in [0.2, 0.25) is 0 Å². The first-order valence-corrected chi connectivity index (χ1v) is 24.1. The number of nitrogens with zero attached hydrogens (tertiary/aromatic N) is 6. The molecule has 8 heterocycles. The number of rotatable bonds is 14. The monoisotopic (exact) mass is 872 g/mol. The number of hydrogen-bond donors (Lipinski definition) is 2. The second kappa shape index (κ2) is 17.5. The van der Waals surface area contributed by atoms with Gasteiger partial charge in [-0.15, -0.1) is 45.3 Å². The maximum absolute atomic E-state index is 6.28. The van der Waals surface area contributed by atoms with Crippen LogP contribution >= 0.6 is 45.3 Å². The van der Waals surface area contributed by atoms with Crippen molar-refractivity contribution in [2.24, 2.45) is 0 Å². The van der Waals surface area contributed by atoms with Crippen LogP contribution in [-0.4, -0.2) is 88.3 Å². The highest BCUT2D eigenvalue weighted by atomic mass is 32.1. The largest absolute Gasteiger partial charge is 0.383 e. The third-order valence-corrected chi connectivity index (χ3v) is 16.2. The van der Waals surface area contributed by atoms with Crippen molar-refractivity contribution in [1.29, 1.82) is 0 Å². The van der Waals surface area contributed by atoms with Gasteiger partial charge in [0.1, 0.15) is 14.7 Å². The summed E-state index contributed by atoms with van der Waals surface area (Å²) >= 11 is 6.98. The molecule has 6 aromatic heterocycles. The number of piperidine rings is 1. The van der Waals surface area contributed by atoms with Gasteiger partial charge in [-0.2, -0.15) is 0 Å². The van der Waals surface area contributed by atoms with Crippen LogP contribution in [0.25, 0.3) is 46.4 Å². The first-order chi connectivity index (χ1) is 29.5. The lowest BCUT2D eigenvalue weighted by atomic mass is 9.88. The highest BCUT2D eigenvalue weighted by Gasteiger charge is 2.30. The molecule has 0 bridgehead atoms. The summed E-state index contributed by atoms with van der Waals surface area (Å²) < 4.78 is 14.0. The van der Waals surface area contributed by atoms with E-state index in [1.165, 1.54) is 38.3 Å². The zero-order valence-corrected chi connectivity index (χ0v) is 37.3. The molecule has 1 fully saturated rings. The molecule has 8 aromatic rings. The Morgan fingerprint density at radius 1 is 0.767 bits per heavy atom. The highest BCUT2D eigenvalue weighted by Crippen LogP contribution is 2.42. The summed E-state index contributed by atoms with van der Waals surface area (Å²) in [5.41, 5.74) is 9.46. The molecule has 2 aliphatic heterocycles. The Kier molecular flexibility index (Phi) is 11.6. The third kappa shape index (κ3) is 8.19. The molecule has 10 nitrogen and oxygen atoms in total. The number of anilines is 4. The van der Waals surface area contributed by atoms with Gasteiger partial charge in [0.15, 0.2) is 0 Å². The molecule has 10 rings (SSSR count). The summed E-state index contributed by atoms with van der Waals surface area (Å²) in [6.45, 7) is 10.6. The molecular weight excluding hydrogens is 825 g/mol. The minimum Gasteiger partial charge on any atom is -0.383 e. The molecule has 0 radical (unpaired) electrons. The van der Waals surface area contributed by atoms with Crippen LogP contribution in [0.1, 0.15) is 53.8 Å². The fourth-order valence-corrected chi connectivity index (χ4v) is 12.8. The van der Waals surface area contributed by atoms with Crippen LogP contribution < -0.4 is 10.6 Å². The normalized spacial score (nSPS) is 19.2. The summed E-state index contributed by atoms with van der Waals surface area (Å²) in [5, 5.41) is 10.7. The van der Waals surface area contributed by atoms with Gasteiger partial charge < -0.3 is 20.1 Å². The molecule has 14 heteroatoms. The van der Waals surface area contributed by atoms with E-state index < -0.39 is 0 Å². The van der Waals surface area contributed by atoms with Crippen LogP contribution in [0, 0.1) is 0 Å². The molecule has 2 aromatic carbocycles. The minimum absolute atomic E-state index is 0.279. The molecule has 1 saturated heterocycles. The van der Waals surface area contributed by atoms with Crippen molar-refractivity contribution < 1.29 is 9.47 Å². The van der Waals surface area contributed by atoms with Crippen molar-refractivity contribution in [2.45, 2.75) is 57.7 Å². The van der Waals surface area contributed by atoms with Gasteiger partial charge in [-0.1, -0.05) is 6.08 Å². The fourth-order valence-electron chi connectivity index (χ4n) is 8.82. The van der Waals surface area contributed by atoms with Gasteiger partial charge in [-0.25, -0.2) is 19.9 Å². The number of thiophene rings is 2. The molecule has 3 atom stereocenters. The van der Waals surface area contributed by atoms with Crippen molar-refractivity contribution in [1.82, 2.24) is 29.7 Å². The van der Waals surface area contributed by atoms with Crippen LogP contribution in [0.15, 0.2) is 84.6 Å². The number of thiazole rings is 2. The van der Waals surface area contributed by atoms with E-state index in [2.05, 4.69) is 106 Å². The van der Waals surface area contributed by atoms with Gasteiger partial charge >= 0.3 is 0 Å². The van der Waals surface area contributed by atoms with Crippen molar-refractivity contribution >= 4 is 115 Å². The maximum atomic E-state index is 6.28. The zero-order valence-electron chi connectivity index (χ0n) is 34.0. The number of nitrogens with one attached hydrogen (secondary N) is 2. The summed E-state index contributed by atoms with van der Waals surface area (Å²) in [6.07, 6.45) is 9.65. The third-order valence-electron chi connectivity index (χ3n) is 12.1. The Bertz CT molecular complexity index is 2810. The van der Waals surface area contributed by atoms with E-state index in [1.807, 2.05) is 29.2 Å². The number of hydrogen-bond acceptors (Lipinski definition) is 14. The summed E-state index contributed by atoms with van der Waals surface area (Å²) in [6, 6.07) is 22.4. The van der Waals surface area contributed by atoms with E-state index >= 15 is 0 Å². The second-order valence-electron chi connectivity index (χ2n) is 15.7.